The SMILES string of the molecule is COC(=O)NS(=O)(=O)/C(C)=C/c1ccc(OC)cc1. The maximum atomic E-state index is 11.7. The molecule has 19 heavy (non-hydrogen) atoms. The number of carbonyl (C=O) groups is 1. The Morgan fingerprint density at radius 3 is 2.26 bits per heavy atom. The lowest BCUT2D eigenvalue weighted by molar-refractivity contribution is 0.178. The molecule has 1 aromatic rings. The van der Waals surface area contributed by atoms with Crippen molar-refractivity contribution in [1.29, 1.82) is 0 Å². The van der Waals surface area contributed by atoms with E-state index in [2.05, 4.69) is 4.74 Å². The molecule has 0 aromatic heterocycles. The molecule has 0 bridgehead atoms. The molecule has 0 radical (unpaired) electrons. The van der Waals surface area contributed by atoms with E-state index in [1.54, 1.807) is 36.1 Å². The first-order chi connectivity index (χ1) is 8.89. The number of rotatable bonds is 4. The van der Waals surface area contributed by atoms with Crippen LogP contribution >= 0.6 is 0 Å². The second-order valence-corrected chi connectivity index (χ2v) is 5.48. The summed E-state index contributed by atoms with van der Waals surface area (Å²) >= 11 is 0. The molecule has 0 saturated carbocycles. The van der Waals surface area contributed by atoms with Gasteiger partial charge < -0.3 is 9.47 Å². The van der Waals surface area contributed by atoms with Gasteiger partial charge in [0.15, 0.2) is 0 Å². The maximum Gasteiger partial charge on any atom is 0.420 e. The molecule has 6 nitrogen and oxygen atoms in total. The number of ether oxygens (including phenoxy) is 2. The maximum absolute atomic E-state index is 11.7. The van der Waals surface area contributed by atoms with Gasteiger partial charge in [-0.05, 0) is 30.7 Å². The van der Waals surface area contributed by atoms with E-state index in [0.29, 0.717) is 11.3 Å². The molecule has 1 aromatic carbocycles. The van der Waals surface area contributed by atoms with Crippen LogP contribution in [0.4, 0.5) is 4.79 Å². The number of benzene rings is 1. The normalized spacial score (nSPS) is 11.8. The number of allylic oxidation sites excluding steroid dienone is 1. The molecule has 0 unspecified atom stereocenters. The minimum Gasteiger partial charge on any atom is -0.497 e. The Morgan fingerprint density at radius 1 is 1.21 bits per heavy atom. The molecule has 0 aliphatic carbocycles. The predicted octanol–water partition coefficient (Wildman–Crippen LogP) is 1.74. The number of hydrogen-bond acceptors (Lipinski definition) is 5. The lowest BCUT2D eigenvalue weighted by atomic mass is 10.2. The minimum atomic E-state index is -3.88. The van der Waals surface area contributed by atoms with Gasteiger partial charge in [0.1, 0.15) is 5.75 Å². The van der Waals surface area contributed by atoms with Crippen LogP contribution in [-0.2, 0) is 14.8 Å². The Hall–Kier alpha value is -2.02. The molecule has 0 saturated heterocycles. The van der Waals surface area contributed by atoms with Gasteiger partial charge in [0.25, 0.3) is 10.0 Å². The van der Waals surface area contributed by atoms with E-state index >= 15 is 0 Å². The second-order valence-electron chi connectivity index (χ2n) is 3.63. The Balaban J connectivity index is 2.94. The van der Waals surface area contributed by atoms with E-state index in [0.717, 1.165) is 7.11 Å². The average Bonchev–Trinajstić information content (AvgIpc) is 2.39. The fourth-order valence-electron chi connectivity index (χ4n) is 1.24. The highest BCUT2D eigenvalue weighted by Gasteiger charge is 2.16. The first-order valence-corrected chi connectivity index (χ1v) is 6.80. The van der Waals surface area contributed by atoms with Gasteiger partial charge in [0.2, 0.25) is 0 Å². The van der Waals surface area contributed by atoms with Gasteiger partial charge in [0, 0.05) is 0 Å². The van der Waals surface area contributed by atoms with E-state index in [4.69, 9.17) is 4.74 Å². The second kappa shape index (κ2) is 6.24. The van der Waals surface area contributed by atoms with Crippen LogP contribution in [0, 0.1) is 0 Å². The van der Waals surface area contributed by atoms with Gasteiger partial charge >= 0.3 is 6.09 Å². The van der Waals surface area contributed by atoms with Gasteiger partial charge in [-0.2, -0.15) is 0 Å². The summed E-state index contributed by atoms with van der Waals surface area (Å²) in [7, 11) is -1.25. The molecule has 0 aliphatic heterocycles. The van der Waals surface area contributed by atoms with Crippen LogP contribution in [0.1, 0.15) is 12.5 Å². The number of hydrogen-bond donors (Lipinski definition) is 1. The van der Waals surface area contributed by atoms with E-state index in [-0.39, 0.29) is 4.91 Å². The zero-order valence-electron chi connectivity index (χ0n) is 10.8. The summed E-state index contributed by atoms with van der Waals surface area (Å²) in [6, 6.07) is 6.82. The van der Waals surface area contributed by atoms with Crippen molar-refractivity contribution in [3.05, 3.63) is 34.7 Å². The molecule has 0 atom stereocenters. The number of amides is 1. The molecule has 104 valence electrons. The molecule has 0 fully saturated rings. The van der Waals surface area contributed by atoms with Gasteiger partial charge in [0.05, 0.1) is 19.1 Å². The first-order valence-electron chi connectivity index (χ1n) is 5.32. The largest absolute Gasteiger partial charge is 0.497 e. The Kier molecular flexibility index (Phi) is 4.94. The summed E-state index contributed by atoms with van der Waals surface area (Å²) < 4.78 is 34.5. The number of carbonyl (C=O) groups excluding carboxylic acids is 1. The van der Waals surface area contributed by atoms with Crippen LogP contribution in [0.2, 0.25) is 0 Å². The van der Waals surface area contributed by atoms with Gasteiger partial charge in [-0.1, -0.05) is 12.1 Å². The van der Waals surface area contributed by atoms with Crippen molar-refractivity contribution in [3.8, 4) is 5.75 Å². The summed E-state index contributed by atoms with van der Waals surface area (Å²) in [5.41, 5.74) is 0.675. The van der Waals surface area contributed by atoms with Crippen molar-refractivity contribution >= 4 is 22.2 Å². The van der Waals surface area contributed by atoms with Crippen LogP contribution < -0.4 is 9.46 Å². The molecule has 0 heterocycles. The van der Waals surface area contributed by atoms with Crippen molar-refractivity contribution < 1.29 is 22.7 Å². The Bertz CT molecular complexity index is 575. The molecular weight excluding hydrogens is 270 g/mol. The van der Waals surface area contributed by atoms with E-state index < -0.39 is 16.1 Å². The van der Waals surface area contributed by atoms with Crippen molar-refractivity contribution in [2.45, 2.75) is 6.92 Å². The first kappa shape index (κ1) is 15.0. The lowest BCUT2D eigenvalue weighted by Gasteiger charge is -2.06. The minimum absolute atomic E-state index is 0.00284. The van der Waals surface area contributed by atoms with Crippen molar-refractivity contribution in [2.24, 2.45) is 0 Å². The number of methoxy groups -OCH3 is 2. The molecule has 1 amide bonds. The quantitative estimate of drug-likeness (QED) is 0.911. The standard InChI is InChI=1S/C12H15NO5S/c1-9(19(15,16)13-12(14)18-3)8-10-4-6-11(17-2)7-5-10/h4-8H,1-3H3,(H,13,14)/b9-8+. The summed E-state index contributed by atoms with van der Waals surface area (Å²) in [5, 5.41) is 0. The van der Waals surface area contributed by atoms with Crippen molar-refractivity contribution in [2.75, 3.05) is 14.2 Å². The smallest absolute Gasteiger partial charge is 0.420 e. The third-order valence-corrected chi connectivity index (χ3v) is 3.71. The van der Waals surface area contributed by atoms with Crippen LogP contribution in [0.3, 0.4) is 0 Å². The average molecular weight is 285 g/mol. The zero-order chi connectivity index (χ0) is 14.5. The lowest BCUT2D eigenvalue weighted by Crippen LogP contribution is -2.30. The van der Waals surface area contributed by atoms with Crippen molar-refractivity contribution in [1.82, 2.24) is 4.72 Å². The summed E-state index contributed by atoms with van der Waals surface area (Å²) in [6.45, 7) is 1.38. The van der Waals surface area contributed by atoms with E-state index in [9.17, 15) is 13.2 Å². The third-order valence-electron chi connectivity index (χ3n) is 2.31. The van der Waals surface area contributed by atoms with Crippen LogP contribution in [-0.4, -0.2) is 28.7 Å². The Morgan fingerprint density at radius 2 is 1.79 bits per heavy atom. The molecular formula is C12H15NO5S. The van der Waals surface area contributed by atoms with Gasteiger partial charge in [-0.3, -0.25) is 0 Å². The molecule has 0 aliphatic rings. The van der Waals surface area contributed by atoms with Crippen LogP contribution in [0.15, 0.2) is 29.2 Å². The number of nitrogens with one attached hydrogen (secondary N) is 1. The molecule has 0 spiro atoms. The highest BCUT2D eigenvalue weighted by molar-refractivity contribution is 7.94. The van der Waals surface area contributed by atoms with E-state index in [1.165, 1.54) is 13.0 Å². The molecule has 1 N–H and O–H groups in total. The van der Waals surface area contributed by atoms with Gasteiger partial charge in [-0.25, -0.2) is 17.9 Å². The summed E-state index contributed by atoms with van der Waals surface area (Å²) in [4.78, 5) is 10.9. The third kappa shape index (κ3) is 4.29. The fraction of sp³-hybridized carbons (Fsp3) is 0.250. The number of sulfonamides is 1. The zero-order valence-corrected chi connectivity index (χ0v) is 11.7. The van der Waals surface area contributed by atoms with Crippen LogP contribution in [0.5, 0.6) is 5.75 Å². The van der Waals surface area contributed by atoms with E-state index in [1.807, 2.05) is 0 Å². The van der Waals surface area contributed by atoms with Gasteiger partial charge in [-0.15, -0.1) is 0 Å². The topological polar surface area (TPSA) is 81.7 Å². The summed E-state index contributed by atoms with van der Waals surface area (Å²) in [5.74, 6) is 0.672. The highest BCUT2D eigenvalue weighted by Crippen LogP contribution is 2.15. The molecule has 1 rings (SSSR count). The highest BCUT2D eigenvalue weighted by atomic mass is 32.2. The monoisotopic (exact) mass is 285 g/mol. The summed E-state index contributed by atoms with van der Waals surface area (Å²) in [6.07, 6.45) is 0.410. The fourth-order valence-corrected chi connectivity index (χ4v) is 2.00. The molecule has 7 heteroatoms. The predicted molar refractivity (Wildman–Crippen MR) is 71.1 cm³/mol. The van der Waals surface area contributed by atoms with Crippen LogP contribution in [0.25, 0.3) is 6.08 Å². The van der Waals surface area contributed by atoms with Crippen molar-refractivity contribution in [3.63, 3.8) is 0 Å². The Labute approximate surface area is 112 Å².